The Morgan fingerprint density at radius 2 is 2.12 bits per heavy atom. The van der Waals surface area contributed by atoms with E-state index in [0.717, 1.165) is 0 Å². The summed E-state index contributed by atoms with van der Waals surface area (Å²) in [7, 11) is 0. The summed E-state index contributed by atoms with van der Waals surface area (Å²) in [5.74, 6) is -0.248. The van der Waals surface area contributed by atoms with E-state index in [2.05, 4.69) is 10.3 Å². The van der Waals surface area contributed by atoms with Gasteiger partial charge in [-0.15, -0.1) is 5.10 Å². The molecule has 0 saturated carbocycles. The third kappa shape index (κ3) is 1.22. The van der Waals surface area contributed by atoms with Gasteiger partial charge in [0.25, 0.3) is 5.91 Å². The summed E-state index contributed by atoms with van der Waals surface area (Å²) in [6, 6.07) is 8.89. The lowest BCUT2D eigenvalue weighted by Gasteiger charge is -1.96. The van der Waals surface area contributed by atoms with Crippen molar-refractivity contribution in [2.24, 2.45) is 0 Å². The smallest absolute Gasteiger partial charge is 0.283 e. The third-order valence-electron chi connectivity index (χ3n) is 2.31. The maximum absolute atomic E-state index is 12.0. The normalized spacial score (nSPS) is 10.8. The Kier molecular flexibility index (Phi) is 1.83. The number of carbonyl (C=O) groups is 1. The first-order valence-electron chi connectivity index (χ1n) is 4.73. The van der Waals surface area contributed by atoms with E-state index in [1.165, 1.54) is 17.2 Å². The second-order valence-electron chi connectivity index (χ2n) is 3.31. The molecule has 2 aromatic heterocycles. The molecule has 0 radical (unpaired) electrons. The zero-order valence-electron chi connectivity index (χ0n) is 8.20. The molecule has 0 amide bonds. The van der Waals surface area contributed by atoms with Crippen LogP contribution in [0.1, 0.15) is 10.4 Å². The van der Waals surface area contributed by atoms with E-state index in [0.29, 0.717) is 16.6 Å². The maximum atomic E-state index is 12.0. The van der Waals surface area contributed by atoms with Crippen molar-refractivity contribution < 1.29 is 9.21 Å². The highest BCUT2D eigenvalue weighted by Crippen LogP contribution is 2.12. The lowest BCUT2D eigenvalue weighted by Crippen LogP contribution is -2.12. The third-order valence-corrected chi connectivity index (χ3v) is 2.31. The van der Waals surface area contributed by atoms with Crippen molar-refractivity contribution in [2.75, 3.05) is 0 Å². The van der Waals surface area contributed by atoms with Crippen molar-refractivity contribution in [3.8, 4) is 0 Å². The average Bonchev–Trinajstić information content (AvgIpc) is 2.98. The van der Waals surface area contributed by atoms with Gasteiger partial charge in [0.1, 0.15) is 11.8 Å². The molecule has 1 aromatic carbocycles. The van der Waals surface area contributed by atoms with E-state index in [4.69, 9.17) is 4.42 Å². The topological polar surface area (TPSA) is 60.9 Å². The highest BCUT2D eigenvalue weighted by atomic mass is 16.3. The molecule has 5 nitrogen and oxygen atoms in total. The standard InChI is InChI=1S/C11H7N3O2/c15-11(8-5-6-16-7-8)14-10-4-2-1-3-9(10)12-13-14/h1-7H. The zero-order valence-corrected chi connectivity index (χ0v) is 8.20. The first-order valence-corrected chi connectivity index (χ1v) is 4.73. The van der Waals surface area contributed by atoms with Gasteiger partial charge in [-0.05, 0) is 18.2 Å². The van der Waals surface area contributed by atoms with Crippen LogP contribution in [-0.2, 0) is 0 Å². The van der Waals surface area contributed by atoms with Gasteiger partial charge in [-0.25, -0.2) is 0 Å². The largest absolute Gasteiger partial charge is 0.472 e. The summed E-state index contributed by atoms with van der Waals surface area (Å²) in [6.45, 7) is 0. The van der Waals surface area contributed by atoms with E-state index < -0.39 is 0 Å². The number of para-hydroxylation sites is 1. The van der Waals surface area contributed by atoms with Crippen LogP contribution < -0.4 is 0 Å². The molecule has 0 N–H and O–H groups in total. The molecule has 16 heavy (non-hydrogen) atoms. The van der Waals surface area contributed by atoms with Crippen molar-refractivity contribution in [1.29, 1.82) is 0 Å². The number of fused-ring (bicyclic) bond motifs is 1. The van der Waals surface area contributed by atoms with Gasteiger partial charge in [0.2, 0.25) is 0 Å². The first kappa shape index (κ1) is 8.84. The van der Waals surface area contributed by atoms with E-state index in [9.17, 15) is 4.79 Å². The average molecular weight is 213 g/mol. The predicted octanol–water partition coefficient (Wildman–Crippen LogP) is 1.71. The van der Waals surface area contributed by atoms with Gasteiger partial charge >= 0.3 is 0 Å². The summed E-state index contributed by atoms with van der Waals surface area (Å²) in [5.41, 5.74) is 1.84. The molecule has 0 aliphatic carbocycles. The number of hydrogen-bond acceptors (Lipinski definition) is 4. The summed E-state index contributed by atoms with van der Waals surface area (Å²) >= 11 is 0. The van der Waals surface area contributed by atoms with Crippen LogP contribution in [0.3, 0.4) is 0 Å². The summed E-state index contributed by atoms with van der Waals surface area (Å²) < 4.78 is 6.13. The van der Waals surface area contributed by atoms with Crippen molar-refractivity contribution in [3.05, 3.63) is 48.4 Å². The first-order chi connectivity index (χ1) is 7.86. The molecule has 0 spiro atoms. The molecule has 0 aliphatic rings. The fourth-order valence-electron chi connectivity index (χ4n) is 1.53. The fraction of sp³-hybridized carbons (Fsp3) is 0. The molecule has 2 heterocycles. The minimum atomic E-state index is -0.248. The molecule has 0 unspecified atom stereocenters. The number of nitrogens with zero attached hydrogens (tertiary/aromatic N) is 3. The fourth-order valence-corrected chi connectivity index (χ4v) is 1.53. The molecule has 5 heteroatoms. The van der Waals surface area contributed by atoms with Crippen LogP contribution in [0.25, 0.3) is 11.0 Å². The van der Waals surface area contributed by atoms with Gasteiger partial charge in [-0.2, -0.15) is 4.68 Å². The molecule has 0 fully saturated rings. The van der Waals surface area contributed by atoms with Crippen molar-refractivity contribution in [3.63, 3.8) is 0 Å². The molecule has 0 aliphatic heterocycles. The highest BCUT2D eigenvalue weighted by Gasteiger charge is 2.14. The quantitative estimate of drug-likeness (QED) is 0.617. The molecule has 0 bridgehead atoms. The summed E-state index contributed by atoms with van der Waals surface area (Å²) in [4.78, 5) is 12.0. The van der Waals surface area contributed by atoms with Gasteiger partial charge in [0.15, 0.2) is 0 Å². The molecule has 0 atom stereocenters. The Balaban J connectivity index is 2.16. The second kappa shape index (κ2) is 3.30. The maximum Gasteiger partial charge on any atom is 0.283 e. The molecule has 3 rings (SSSR count). The van der Waals surface area contributed by atoms with Crippen LogP contribution in [0.5, 0.6) is 0 Å². The number of hydrogen-bond donors (Lipinski definition) is 0. The van der Waals surface area contributed by atoms with Gasteiger partial charge in [0.05, 0.1) is 17.3 Å². The molecular formula is C11H7N3O2. The molecule has 78 valence electrons. The van der Waals surface area contributed by atoms with Gasteiger partial charge < -0.3 is 4.42 Å². The predicted molar refractivity (Wildman–Crippen MR) is 56.0 cm³/mol. The molecule has 3 aromatic rings. The van der Waals surface area contributed by atoms with Gasteiger partial charge in [-0.3, -0.25) is 4.79 Å². The van der Waals surface area contributed by atoms with Gasteiger partial charge in [0, 0.05) is 0 Å². The highest BCUT2D eigenvalue weighted by molar-refractivity contribution is 5.99. The van der Waals surface area contributed by atoms with Crippen LogP contribution in [0.2, 0.25) is 0 Å². The van der Waals surface area contributed by atoms with Crippen LogP contribution in [0.4, 0.5) is 0 Å². The monoisotopic (exact) mass is 213 g/mol. The van der Waals surface area contributed by atoms with Gasteiger partial charge in [-0.1, -0.05) is 17.3 Å². The Hall–Kier alpha value is -2.43. The Bertz CT molecular complexity index is 640. The van der Waals surface area contributed by atoms with E-state index >= 15 is 0 Å². The Morgan fingerprint density at radius 3 is 2.94 bits per heavy atom. The van der Waals surface area contributed by atoms with Crippen LogP contribution >= 0.6 is 0 Å². The SMILES string of the molecule is O=C(c1ccoc1)n1nnc2ccccc21. The number of furan rings is 1. The van der Waals surface area contributed by atoms with Crippen LogP contribution in [0, 0.1) is 0 Å². The molecule has 0 saturated heterocycles. The minimum absolute atomic E-state index is 0.248. The van der Waals surface area contributed by atoms with E-state index in [1.54, 1.807) is 12.1 Å². The van der Waals surface area contributed by atoms with Crippen molar-refractivity contribution >= 4 is 16.9 Å². The Morgan fingerprint density at radius 1 is 1.25 bits per heavy atom. The van der Waals surface area contributed by atoms with Crippen LogP contribution in [-0.4, -0.2) is 20.9 Å². The Labute approximate surface area is 90.3 Å². The second-order valence-corrected chi connectivity index (χ2v) is 3.31. The lowest BCUT2D eigenvalue weighted by molar-refractivity contribution is 0.0947. The number of carbonyl (C=O) groups excluding carboxylic acids is 1. The number of benzene rings is 1. The number of aromatic nitrogens is 3. The summed E-state index contributed by atoms with van der Waals surface area (Å²) in [6.07, 6.45) is 2.84. The van der Waals surface area contributed by atoms with E-state index in [1.807, 2.05) is 18.2 Å². The minimum Gasteiger partial charge on any atom is -0.472 e. The molecular weight excluding hydrogens is 206 g/mol. The van der Waals surface area contributed by atoms with E-state index in [-0.39, 0.29) is 5.91 Å². The number of rotatable bonds is 1. The van der Waals surface area contributed by atoms with Crippen LogP contribution in [0.15, 0.2) is 47.3 Å². The lowest BCUT2D eigenvalue weighted by atomic mass is 10.3. The van der Waals surface area contributed by atoms with Crippen molar-refractivity contribution in [2.45, 2.75) is 0 Å². The summed E-state index contributed by atoms with van der Waals surface area (Å²) in [5, 5.41) is 7.74. The zero-order chi connectivity index (χ0) is 11.0. The van der Waals surface area contributed by atoms with Crippen molar-refractivity contribution in [1.82, 2.24) is 15.0 Å².